The van der Waals surface area contributed by atoms with Crippen LogP contribution in [0.2, 0.25) is 0 Å². The van der Waals surface area contributed by atoms with Crippen LogP contribution in [0, 0.1) is 5.92 Å². The topological polar surface area (TPSA) is 46.1 Å². The fourth-order valence-electron chi connectivity index (χ4n) is 2.68. The molecule has 1 fully saturated rings. The second-order valence-corrected chi connectivity index (χ2v) is 6.06. The Hall–Kier alpha value is -1.96. The van der Waals surface area contributed by atoms with Gasteiger partial charge in [0.15, 0.2) is 12.6 Å². The van der Waals surface area contributed by atoms with Crippen molar-refractivity contribution in [2.45, 2.75) is 19.1 Å². The predicted octanol–water partition coefficient (Wildman–Crippen LogP) is 2.67. The molecule has 1 aromatic rings. The molecule has 0 amide bonds. The molecule has 1 aliphatic heterocycles. The average Bonchev–Trinajstić information content (AvgIpc) is 3.06. The molecule has 1 aliphatic rings. The molecule has 1 saturated heterocycles. The van der Waals surface area contributed by atoms with E-state index in [4.69, 9.17) is 9.47 Å². The van der Waals surface area contributed by atoms with Gasteiger partial charge in [0.1, 0.15) is 5.75 Å². The van der Waals surface area contributed by atoms with E-state index in [1.54, 1.807) is 19.2 Å². The summed E-state index contributed by atoms with van der Waals surface area (Å²) in [5.74, 6) is 1.42. The van der Waals surface area contributed by atoms with Crippen molar-refractivity contribution in [3.8, 4) is 5.75 Å². The van der Waals surface area contributed by atoms with Crippen molar-refractivity contribution in [1.29, 1.82) is 0 Å². The summed E-state index contributed by atoms with van der Waals surface area (Å²) in [6.45, 7) is 1.56. The van der Waals surface area contributed by atoms with Gasteiger partial charge in [-0.15, -0.1) is 0 Å². The molecule has 1 unspecified atom stereocenters. The molecule has 0 aromatic heterocycles. The maximum Gasteiger partial charge on any atom is 0.422 e. The van der Waals surface area contributed by atoms with Gasteiger partial charge < -0.3 is 19.7 Å². The van der Waals surface area contributed by atoms with Crippen molar-refractivity contribution < 1.29 is 22.6 Å². The lowest BCUT2D eigenvalue weighted by Crippen LogP contribution is -2.41. The predicted molar refractivity (Wildman–Crippen MR) is 89.7 cm³/mol. The van der Waals surface area contributed by atoms with Crippen LogP contribution >= 0.6 is 0 Å². The molecule has 25 heavy (non-hydrogen) atoms. The number of ether oxygens (including phenoxy) is 2. The van der Waals surface area contributed by atoms with Crippen molar-refractivity contribution in [2.75, 3.05) is 40.5 Å². The van der Waals surface area contributed by atoms with Gasteiger partial charge in [-0.2, -0.15) is 13.2 Å². The van der Waals surface area contributed by atoms with E-state index in [0.29, 0.717) is 12.5 Å². The summed E-state index contributed by atoms with van der Waals surface area (Å²) in [6.07, 6.45) is -3.30. The van der Waals surface area contributed by atoms with Gasteiger partial charge in [0.25, 0.3) is 0 Å². The molecule has 140 valence electrons. The van der Waals surface area contributed by atoms with Crippen molar-refractivity contribution in [1.82, 2.24) is 10.2 Å². The van der Waals surface area contributed by atoms with Crippen molar-refractivity contribution in [3.63, 3.8) is 0 Å². The Morgan fingerprint density at radius 1 is 1.44 bits per heavy atom. The van der Waals surface area contributed by atoms with Gasteiger partial charge in [0, 0.05) is 39.7 Å². The first-order valence-corrected chi connectivity index (χ1v) is 8.15. The van der Waals surface area contributed by atoms with Crippen LogP contribution in [-0.4, -0.2) is 57.5 Å². The Morgan fingerprint density at radius 3 is 2.88 bits per heavy atom. The second kappa shape index (κ2) is 8.94. The molecule has 8 heteroatoms. The van der Waals surface area contributed by atoms with Crippen LogP contribution in [0.4, 0.5) is 13.2 Å². The second-order valence-electron chi connectivity index (χ2n) is 6.06. The van der Waals surface area contributed by atoms with E-state index in [0.717, 1.165) is 37.7 Å². The maximum absolute atomic E-state index is 12.2. The Bertz CT molecular complexity index is 573. The minimum Gasteiger partial charge on any atom is -0.484 e. The quantitative estimate of drug-likeness (QED) is 0.627. The van der Waals surface area contributed by atoms with E-state index in [2.05, 4.69) is 10.3 Å². The van der Waals surface area contributed by atoms with Gasteiger partial charge in [0.2, 0.25) is 0 Å². The number of hydrogen-bond acceptors (Lipinski definition) is 3. The summed E-state index contributed by atoms with van der Waals surface area (Å²) in [5, 5.41) is 3.22. The zero-order valence-corrected chi connectivity index (χ0v) is 14.5. The van der Waals surface area contributed by atoms with Gasteiger partial charge in [-0.05, 0) is 24.1 Å². The Morgan fingerprint density at radius 2 is 2.24 bits per heavy atom. The molecule has 0 bridgehead atoms. The number of halogens is 3. The zero-order valence-electron chi connectivity index (χ0n) is 14.5. The first-order valence-electron chi connectivity index (χ1n) is 8.15. The lowest BCUT2D eigenvalue weighted by molar-refractivity contribution is -0.153. The maximum atomic E-state index is 12.2. The standard InChI is InChI=1S/C17H24F3N3O2/c1-21-16(23(2)10-14-6-7-24-11-14)22-9-13-4-3-5-15(8-13)25-12-17(18,19)20/h3-5,8,14H,6-7,9-12H2,1-2H3,(H,21,22). The third-order valence-electron chi connectivity index (χ3n) is 3.88. The molecule has 2 rings (SSSR count). The van der Waals surface area contributed by atoms with Crippen LogP contribution in [0.1, 0.15) is 12.0 Å². The third-order valence-corrected chi connectivity index (χ3v) is 3.88. The zero-order chi connectivity index (χ0) is 18.3. The van der Waals surface area contributed by atoms with Crippen LogP contribution in [0.25, 0.3) is 0 Å². The van der Waals surface area contributed by atoms with Crippen molar-refractivity contribution in [2.24, 2.45) is 10.9 Å². The van der Waals surface area contributed by atoms with E-state index >= 15 is 0 Å². The number of nitrogens with zero attached hydrogens (tertiary/aromatic N) is 2. The highest BCUT2D eigenvalue weighted by Gasteiger charge is 2.28. The van der Waals surface area contributed by atoms with E-state index in [1.807, 2.05) is 18.0 Å². The van der Waals surface area contributed by atoms with Crippen LogP contribution in [0.5, 0.6) is 5.75 Å². The summed E-state index contributed by atoms with van der Waals surface area (Å²) in [7, 11) is 3.66. The van der Waals surface area contributed by atoms with Crippen molar-refractivity contribution in [3.05, 3.63) is 29.8 Å². The van der Waals surface area contributed by atoms with E-state index < -0.39 is 12.8 Å². The Balaban J connectivity index is 1.86. The molecule has 1 aromatic carbocycles. The fraction of sp³-hybridized carbons (Fsp3) is 0.588. The number of benzene rings is 1. The molecule has 0 radical (unpaired) electrons. The lowest BCUT2D eigenvalue weighted by Gasteiger charge is -2.24. The monoisotopic (exact) mass is 359 g/mol. The van der Waals surface area contributed by atoms with Gasteiger partial charge in [-0.25, -0.2) is 0 Å². The van der Waals surface area contributed by atoms with Gasteiger partial charge in [0.05, 0.1) is 6.61 Å². The van der Waals surface area contributed by atoms with Gasteiger partial charge in [-0.3, -0.25) is 4.99 Å². The first-order chi connectivity index (χ1) is 11.9. The van der Waals surface area contributed by atoms with E-state index in [1.165, 1.54) is 6.07 Å². The highest BCUT2D eigenvalue weighted by molar-refractivity contribution is 5.79. The van der Waals surface area contributed by atoms with Crippen LogP contribution in [0.3, 0.4) is 0 Å². The Kier molecular flexibility index (Phi) is 6.92. The highest BCUT2D eigenvalue weighted by atomic mass is 19.4. The van der Waals surface area contributed by atoms with Crippen molar-refractivity contribution >= 4 is 5.96 Å². The molecule has 0 saturated carbocycles. The lowest BCUT2D eigenvalue weighted by atomic mass is 10.1. The summed E-state index contributed by atoms with van der Waals surface area (Å²) >= 11 is 0. The number of alkyl halides is 3. The minimum atomic E-state index is -4.34. The molecule has 0 aliphatic carbocycles. The summed E-state index contributed by atoms with van der Waals surface area (Å²) in [6, 6.07) is 6.60. The SMILES string of the molecule is CN=C(NCc1cccc(OCC(F)(F)F)c1)N(C)CC1CCOC1. The number of hydrogen-bond donors (Lipinski definition) is 1. The van der Waals surface area contributed by atoms with Crippen LogP contribution < -0.4 is 10.1 Å². The first kappa shape index (κ1) is 19.4. The summed E-state index contributed by atoms with van der Waals surface area (Å²) in [4.78, 5) is 6.28. The Labute approximate surface area is 145 Å². The number of aliphatic imine (C=N–C) groups is 1. The molecule has 5 nitrogen and oxygen atoms in total. The summed E-state index contributed by atoms with van der Waals surface area (Å²) < 4.78 is 46.8. The number of guanidine groups is 1. The minimum absolute atomic E-state index is 0.197. The molecular formula is C17H24F3N3O2. The van der Waals surface area contributed by atoms with Gasteiger partial charge >= 0.3 is 6.18 Å². The van der Waals surface area contributed by atoms with Gasteiger partial charge in [-0.1, -0.05) is 12.1 Å². The summed E-state index contributed by atoms with van der Waals surface area (Å²) in [5.41, 5.74) is 0.818. The smallest absolute Gasteiger partial charge is 0.422 e. The fourth-order valence-corrected chi connectivity index (χ4v) is 2.68. The highest BCUT2D eigenvalue weighted by Crippen LogP contribution is 2.19. The molecular weight excluding hydrogens is 335 g/mol. The van der Waals surface area contributed by atoms with Crippen LogP contribution in [-0.2, 0) is 11.3 Å². The molecule has 1 heterocycles. The van der Waals surface area contributed by atoms with Crippen LogP contribution in [0.15, 0.2) is 29.3 Å². The molecule has 1 N–H and O–H groups in total. The molecule has 0 spiro atoms. The third kappa shape index (κ3) is 6.81. The average molecular weight is 359 g/mol. The normalized spacial score (nSPS) is 18.3. The number of rotatable bonds is 6. The van der Waals surface area contributed by atoms with E-state index in [9.17, 15) is 13.2 Å². The largest absolute Gasteiger partial charge is 0.484 e. The molecule has 1 atom stereocenters. The van der Waals surface area contributed by atoms with E-state index in [-0.39, 0.29) is 5.75 Å². The number of nitrogens with one attached hydrogen (secondary N) is 1.